The molecule has 2 aliphatic heterocycles. The fraction of sp³-hybridized carbons (Fsp3) is 0.471. The summed E-state index contributed by atoms with van der Waals surface area (Å²) in [6, 6.07) is 4.18. The van der Waals surface area contributed by atoms with Crippen molar-refractivity contribution in [2.24, 2.45) is 11.0 Å². The first-order valence-corrected chi connectivity index (χ1v) is 7.73. The van der Waals surface area contributed by atoms with Gasteiger partial charge in [0.1, 0.15) is 5.71 Å². The smallest absolute Gasteiger partial charge is 0.274 e. The van der Waals surface area contributed by atoms with E-state index in [2.05, 4.69) is 36.5 Å². The Bertz CT molecular complexity index is 679. The summed E-state index contributed by atoms with van der Waals surface area (Å²) in [5.74, 6) is 0.202. The van der Waals surface area contributed by atoms with E-state index in [0.29, 0.717) is 31.0 Å². The molecule has 3 rings (SSSR count). The number of anilines is 1. The Labute approximate surface area is 130 Å². The van der Waals surface area contributed by atoms with Crippen molar-refractivity contribution >= 4 is 23.2 Å². The summed E-state index contributed by atoms with van der Waals surface area (Å²) in [6.45, 7) is 6.99. The second-order valence-electron chi connectivity index (χ2n) is 6.35. The van der Waals surface area contributed by atoms with Gasteiger partial charge in [0.25, 0.3) is 5.91 Å². The van der Waals surface area contributed by atoms with Gasteiger partial charge in [-0.25, -0.2) is 5.43 Å². The third kappa shape index (κ3) is 2.51. The number of rotatable bonds is 1. The number of nitrogens with one attached hydrogen (secondary N) is 1. The molecular weight excluding hydrogens is 278 g/mol. The Morgan fingerprint density at radius 1 is 1.27 bits per heavy atom. The highest BCUT2D eigenvalue weighted by molar-refractivity contribution is 6.44. The van der Waals surface area contributed by atoms with Crippen LogP contribution in [0.4, 0.5) is 5.69 Å². The molecule has 1 unspecified atom stereocenters. The number of nitrogens with zero attached hydrogens (tertiary/aromatic N) is 2. The lowest BCUT2D eigenvalue weighted by molar-refractivity contribution is -0.121. The minimum Gasteiger partial charge on any atom is -0.306 e. The molecule has 0 saturated carbocycles. The maximum absolute atomic E-state index is 12.9. The fourth-order valence-corrected chi connectivity index (χ4v) is 3.27. The summed E-state index contributed by atoms with van der Waals surface area (Å²) in [6.07, 6.45) is 1.74. The Kier molecular flexibility index (Phi) is 3.72. The summed E-state index contributed by atoms with van der Waals surface area (Å²) in [5.41, 5.74) is 7.49. The van der Waals surface area contributed by atoms with Crippen molar-refractivity contribution < 1.29 is 9.59 Å². The van der Waals surface area contributed by atoms with E-state index in [4.69, 9.17) is 0 Å². The largest absolute Gasteiger partial charge is 0.306 e. The highest BCUT2D eigenvalue weighted by Crippen LogP contribution is 2.35. The summed E-state index contributed by atoms with van der Waals surface area (Å²) < 4.78 is 0. The number of hydrogen-bond donors (Lipinski definition) is 1. The van der Waals surface area contributed by atoms with Crippen molar-refractivity contribution in [3.8, 4) is 0 Å². The van der Waals surface area contributed by atoms with Crippen LogP contribution in [0.15, 0.2) is 17.2 Å². The zero-order chi connectivity index (χ0) is 15.9. The predicted octanol–water partition coefficient (Wildman–Crippen LogP) is 2.09. The molecule has 0 aliphatic carbocycles. The van der Waals surface area contributed by atoms with Gasteiger partial charge in [0.15, 0.2) is 0 Å². The third-order valence-electron chi connectivity index (χ3n) is 4.43. The molecule has 1 aromatic rings. The van der Waals surface area contributed by atoms with E-state index in [0.717, 1.165) is 17.7 Å². The summed E-state index contributed by atoms with van der Waals surface area (Å²) in [5, 5.41) is 3.96. The van der Waals surface area contributed by atoms with Crippen molar-refractivity contribution in [3.63, 3.8) is 0 Å². The molecule has 2 aliphatic rings. The van der Waals surface area contributed by atoms with Crippen LogP contribution in [0.3, 0.4) is 0 Å². The Morgan fingerprint density at radius 3 is 2.68 bits per heavy atom. The highest BCUT2D eigenvalue weighted by atomic mass is 16.2. The first-order valence-electron chi connectivity index (χ1n) is 7.73. The minimum absolute atomic E-state index is 0.0819. The second-order valence-corrected chi connectivity index (χ2v) is 6.35. The molecule has 22 heavy (non-hydrogen) atoms. The van der Waals surface area contributed by atoms with E-state index in [-0.39, 0.29) is 11.8 Å². The van der Waals surface area contributed by atoms with Crippen LogP contribution in [0, 0.1) is 19.8 Å². The van der Waals surface area contributed by atoms with Gasteiger partial charge in [-0.2, -0.15) is 5.10 Å². The van der Waals surface area contributed by atoms with Gasteiger partial charge in [-0.1, -0.05) is 19.1 Å². The number of aryl methyl sites for hydroxylation is 2. The maximum atomic E-state index is 12.9. The summed E-state index contributed by atoms with van der Waals surface area (Å²) in [4.78, 5) is 25.9. The topological polar surface area (TPSA) is 61.8 Å². The van der Waals surface area contributed by atoms with Gasteiger partial charge in [-0.3, -0.25) is 9.59 Å². The minimum atomic E-state index is -0.129. The molecule has 1 atom stereocenters. The van der Waals surface area contributed by atoms with Crippen molar-refractivity contribution in [3.05, 3.63) is 28.8 Å². The van der Waals surface area contributed by atoms with E-state index in [1.807, 2.05) is 11.8 Å². The fourth-order valence-electron chi connectivity index (χ4n) is 3.27. The van der Waals surface area contributed by atoms with E-state index >= 15 is 0 Å². The third-order valence-corrected chi connectivity index (χ3v) is 4.43. The van der Waals surface area contributed by atoms with Crippen LogP contribution in [-0.2, 0) is 16.0 Å². The Hall–Kier alpha value is -2.17. The first kappa shape index (κ1) is 14.8. The Balaban J connectivity index is 2.00. The molecule has 5 nitrogen and oxygen atoms in total. The molecule has 1 N–H and O–H groups in total. The zero-order valence-corrected chi connectivity index (χ0v) is 13.3. The standard InChI is InChI=1S/C17H21N3O2/c1-10-8-13-11(2)4-5-12(3)16(13)20(9-10)17(22)14-6-7-15(21)19-18-14/h4-5,10H,6-9H2,1-3H3,(H,19,21). The van der Waals surface area contributed by atoms with Gasteiger partial charge >= 0.3 is 0 Å². The van der Waals surface area contributed by atoms with Gasteiger partial charge < -0.3 is 4.90 Å². The Morgan fingerprint density at radius 2 is 2.00 bits per heavy atom. The molecule has 2 heterocycles. The molecule has 0 aromatic heterocycles. The molecule has 116 valence electrons. The normalized spacial score (nSPS) is 21.0. The zero-order valence-electron chi connectivity index (χ0n) is 13.3. The molecule has 1 aromatic carbocycles. The van der Waals surface area contributed by atoms with Crippen LogP contribution in [0.25, 0.3) is 0 Å². The highest BCUT2D eigenvalue weighted by Gasteiger charge is 2.32. The van der Waals surface area contributed by atoms with Gasteiger partial charge in [0.05, 0.1) is 5.69 Å². The second kappa shape index (κ2) is 5.55. The SMILES string of the molecule is Cc1ccc(C)c2c1CC(C)CN2C(=O)C1=NNC(=O)CC1. The number of benzene rings is 1. The van der Waals surface area contributed by atoms with Gasteiger partial charge in [-0.15, -0.1) is 0 Å². The van der Waals surface area contributed by atoms with Crippen LogP contribution < -0.4 is 10.3 Å². The maximum Gasteiger partial charge on any atom is 0.274 e. The molecule has 0 fully saturated rings. The summed E-state index contributed by atoms with van der Waals surface area (Å²) in [7, 11) is 0. The lowest BCUT2D eigenvalue weighted by Gasteiger charge is -2.36. The molecule has 0 saturated heterocycles. The van der Waals surface area contributed by atoms with E-state index in [1.54, 1.807) is 0 Å². The van der Waals surface area contributed by atoms with Gasteiger partial charge in [0, 0.05) is 19.4 Å². The number of hydrazone groups is 1. The van der Waals surface area contributed by atoms with Crippen molar-refractivity contribution in [2.45, 2.75) is 40.0 Å². The molecule has 0 bridgehead atoms. The number of fused-ring (bicyclic) bond motifs is 1. The predicted molar refractivity (Wildman–Crippen MR) is 85.9 cm³/mol. The molecule has 5 heteroatoms. The van der Waals surface area contributed by atoms with Gasteiger partial charge in [0.2, 0.25) is 5.91 Å². The van der Waals surface area contributed by atoms with Crippen molar-refractivity contribution in [1.29, 1.82) is 0 Å². The lowest BCUT2D eigenvalue weighted by Crippen LogP contribution is -2.45. The lowest BCUT2D eigenvalue weighted by atomic mass is 9.88. The van der Waals surface area contributed by atoms with Gasteiger partial charge in [-0.05, 0) is 42.9 Å². The van der Waals surface area contributed by atoms with Crippen LogP contribution in [0.2, 0.25) is 0 Å². The van der Waals surface area contributed by atoms with Crippen LogP contribution in [0.1, 0.15) is 36.5 Å². The molecule has 0 radical (unpaired) electrons. The number of hydrogen-bond acceptors (Lipinski definition) is 3. The monoisotopic (exact) mass is 299 g/mol. The van der Waals surface area contributed by atoms with Crippen molar-refractivity contribution in [2.75, 3.05) is 11.4 Å². The molecule has 2 amide bonds. The average Bonchev–Trinajstić information content (AvgIpc) is 2.50. The number of carbonyl (C=O) groups excluding carboxylic acids is 2. The van der Waals surface area contributed by atoms with Crippen molar-refractivity contribution in [1.82, 2.24) is 5.43 Å². The van der Waals surface area contributed by atoms with E-state index in [1.165, 1.54) is 11.1 Å². The quantitative estimate of drug-likeness (QED) is 0.863. The van der Waals surface area contributed by atoms with E-state index < -0.39 is 0 Å². The molecule has 0 spiro atoms. The van der Waals surface area contributed by atoms with Crippen LogP contribution >= 0.6 is 0 Å². The average molecular weight is 299 g/mol. The molecular formula is C17H21N3O2. The van der Waals surface area contributed by atoms with E-state index in [9.17, 15) is 9.59 Å². The number of carbonyl (C=O) groups is 2. The summed E-state index contributed by atoms with van der Waals surface area (Å²) >= 11 is 0. The van der Waals surface area contributed by atoms with Crippen LogP contribution in [-0.4, -0.2) is 24.1 Å². The van der Waals surface area contributed by atoms with Crippen LogP contribution in [0.5, 0.6) is 0 Å². The first-order chi connectivity index (χ1) is 10.5. The number of amides is 2.